The Kier molecular flexibility index (Phi) is 11.4. The topological polar surface area (TPSA) is 135 Å². The van der Waals surface area contributed by atoms with E-state index in [2.05, 4.69) is 20.6 Å². The molecule has 0 aliphatic carbocycles. The molecule has 3 aromatic rings. The molecule has 0 saturated carbocycles. The molecule has 0 saturated heterocycles. The fourth-order valence-electron chi connectivity index (χ4n) is 3.36. The van der Waals surface area contributed by atoms with E-state index in [0.29, 0.717) is 31.8 Å². The molecule has 10 nitrogen and oxygen atoms in total. The molecular formula is C25H24F6N4O6. The average Bonchev–Trinajstić information content (AvgIpc) is 3.25. The Balaban J connectivity index is 0.000000349. The van der Waals surface area contributed by atoms with Crippen molar-refractivity contribution in [2.45, 2.75) is 45.1 Å². The van der Waals surface area contributed by atoms with Crippen LogP contribution in [0.15, 0.2) is 61.2 Å². The summed E-state index contributed by atoms with van der Waals surface area (Å²) in [6, 6.07) is 11.7. The minimum Gasteiger partial charge on any atom is -0.475 e. The summed E-state index contributed by atoms with van der Waals surface area (Å²) < 4.78 is 71.8. The third-order valence-electron chi connectivity index (χ3n) is 5.19. The molecule has 0 bridgehead atoms. The maximum Gasteiger partial charge on any atom is 0.490 e. The molecular weight excluding hydrogens is 566 g/mol. The lowest BCUT2D eigenvalue weighted by atomic mass is 10.2. The molecule has 1 aliphatic heterocycles. The van der Waals surface area contributed by atoms with Gasteiger partial charge in [0.1, 0.15) is 0 Å². The summed E-state index contributed by atoms with van der Waals surface area (Å²) in [6.45, 7) is 4.17. The van der Waals surface area contributed by atoms with Crippen molar-refractivity contribution in [3.8, 4) is 0 Å². The van der Waals surface area contributed by atoms with Gasteiger partial charge in [0.2, 0.25) is 0 Å². The van der Waals surface area contributed by atoms with Crippen molar-refractivity contribution in [1.29, 1.82) is 0 Å². The van der Waals surface area contributed by atoms with Gasteiger partial charge >= 0.3 is 24.3 Å². The Bertz CT molecular complexity index is 1290. The molecule has 222 valence electrons. The number of fused-ring (bicyclic) bond motifs is 1. The molecule has 2 N–H and O–H groups in total. The van der Waals surface area contributed by atoms with E-state index in [-0.39, 0.29) is 12.0 Å². The molecule has 0 fully saturated rings. The molecule has 1 aliphatic rings. The van der Waals surface area contributed by atoms with Gasteiger partial charge in [-0.25, -0.2) is 9.59 Å². The number of hydrogen-bond acceptors (Lipinski definition) is 6. The lowest BCUT2D eigenvalue weighted by Crippen LogP contribution is -2.37. The van der Waals surface area contributed by atoms with Crippen LogP contribution in [-0.4, -0.2) is 72.5 Å². The van der Waals surface area contributed by atoms with E-state index in [1.54, 1.807) is 18.6 Å². The summed E-state index contributed by atoms with van der Waals surface area (Å²) in [4.78, 5) is 41.2. The van der Waals surface area contributed by atoms with E-state index in [1.165, 1.54) is 0 Å². The number of amides is 1. The summed E-state index contributed by atoms with van der Waals surface area (Å²) in [5.74, 6) is -5.53. The van der Waals surface area contributed by atoms with E-state index in [1.807, 2.05) is 48.4 Å². The summed E-state index contributed by atoms with van der Waals surface area (Å²) in [5, 5.41) is 14.2. The van der Waals surface area contributed by atoms with E-state index in [9.17, 15) is 31.1 Å². The number of alkyl halides is 6. The van der Waals surface area contributed by atoms with Crippen LogP contribution in [-0.2, 0) is 34.0 Å². The van der Waals surface area contributed by atoms with E-state index < -0.39 is 24.3 Å². The van der Waals surface area contributed by atoms with Gasteiger partial charge in [0.25, 0.3) is 5.91 Å². The third kappa shape index (κ3) is 10.9. The molecule has 1 amide bonds. The number of rotatable bonds is 4. The fraction of sp³-hybridized carbons (Fsp3) is 0.320. The summed E-state index contributed by atoms with van der Waals surface area (Å²) in [7, 11) is 0. The number of pyridine rings is 2. The van der Waals surface area contributed by atoms with Crippen molar-refractivity contribution in [3.63, 3.8) is 0 Å². The largest absolute Gasteiger partial charge is 0.490 e. The first-order valence-corrected chi connectivity index (χ1v) is 11.5. The second-order valence-corrected chi connectivity index (χ2v) is 8.45. The fourth-order valence-corrected chi connectivity index (χ4v) is 3.36. The summed E-state index contributed by atoms with van der Waals surface area (Å²) in [5.41, 5.74) is 3.57. The molecule has 1 unspecified atom stereocenters. The zero-order valence-electron chi connectivity index (χ0n) is 21.3. The quantitative estimate of drug-likeness (QED) is 0.434. The lowest BCUT2D eigenvalue weighted by Gasteiger charge is -2.24. The van der Waals surface area contributed by atoms with E-state index in [0.717, 1.165) is 17.0 Å². The summed E-state index contributed by atoms with van der Waals surface area (Å²) in [6.07, 6.45) is -3.10. The first kappa shape index (κ1) is 32.7. The van der Waals surface area contributed by atoms with Crippen molar-refractivity contribution in [1.82, 2.24) is 19.4 Å². The number of carbonyl (C=O) groups excluding carboxylic acids is 1. The second kappa shape index (κ2) is 14.2. The van der Waals surface area contributed by atoms with Crippen LogP contribution in [0.4, 0.5) is 26.3 Å². The monoisotopic (exact) mass is 590 g/mol. The maximum absolute atomic E-state index is 13.1. The Morgan fingerprint density at radius 1 is 0.976 bits per heavy atom. The highest BCUT2D eigenvalue weighted by molar-refractivity contribution is 5.94. The lowest BCUT2D eigenvalue weighted by molar-refractivity contribution is -0.193. The molecule has 41 heavy (non-hydrogen) atoms. The first-order chi connectivity index (χ1) is 19.1. The van der Waals surface area contributed by atoms with Gasteiger partial charge in [-0.1, -0.05) is 6.07 Å². The minimum absolute atomic E-state index is 0.0210. The molecule has 0 spiro atoms. The normalized spacial score (nSPS) is 14.8. The Hall–Kier alpha value is -4.47. The number of ether oxygens (including phenoxy) is 1. The van der Waals surface area contributed by atoms with Gasteiger partial charge in [-0.15, -0.1) is 0 Å². The van der Waals surface area contributed by atoms with Crippen LogP contribution >= 0.6 is 0 Å². The van der Waals surface area contributed by atoms with Crippen LogP contribution in [0.2, 0.25) is 0 Å². The molecule has 1 atom stereocenters. The number of aromatic nitrogens is 3. The smallest absolute Gasteiger partial charge is 0.475 e. The van der Waals surface area contributed by atoms with Crippen molar-refractivity contribution >= 4 is 17.8 Å². The molecule has 3 aromatic heterocycles. The molecule has 0 aromatic carbocycles. The van der Waals surface area contributed by atoms with Crippen LogP contribution < -0.4 is 0 Å². The maximum atomic E-state index is 13.1. The Morgan fingerprint density at radius 3 is 2.15 bits per heavy atom. The van der Waals surface area contributed by atoms with Gasteiger partial charge in [-0.3, -0.25) is 14.8 Å². The number of carbonyl (C=O) groups is 3. The van der Waals surface area contributed by atoms with E-state index in [4.69, 9.17) is 24.5 Å². The standard InChI is InChI=1S/C21H22N4O2.2C2HF3O2/c1-16-9-17(11-22-10-16)21(26)25-12-19-6-4-8-24(19)13-20(14-25)27-15-18-5-2-3-7-23-18;2*3-2(4,5)1(6)7/h2-11,20H,12-15H2,1H3;2*(H,6,7). The first-order valence-electron chi connectivity index (χ1n) is 11.5. The van der Waals surface area contributed by atoms with Crippen molar-refractivity contribution in [2.75, 3.05) is 6.54 Å². The van der Waals surface area contributed by atoms with Gasteiger partial charge in [-0.2, -0.15) is 26.3 Å². The van der Waals surface area contributed by atoms with Gasteiger partial charge in [0.15, 0.2) is 0 Å². The zero-order chi connectivity index (χ0) is 30.8. The van der Waals surface area contributed by atoms with Crippen molar-refractivity contribution < 1.29 is 55.7 Å². The highest BCUT2D eigenvalue weighted by Gasteiger charge is 2.38. The number of carboxylic acids is 2. The van der Waals surface area contributed by atoms with Crippen molar-refractivity contribution in [3.05, 3.63) is 83.7 Å². The second-order valence-electron chi connectivity index (χ2n) is 8.45. The van der Waals surface area contributed by atoms with Crippen LogP contribution in [0, 0.1) is 6.92 Å². The number of carboxylic acid groups (broad SMARTS) is 2. The Labute approximate surface area is 228 Å². The summed E-state index contributed by atoms with van der Waals surface area (Å²) >= 11 is 0. The number of nitrogens with zero attached hydrogens (tertiary/aromatic N) is 4. The average molecular weight is 590 g/mol. The number of aliphatic carboxylic acids is 2. The van der Waals surface area contributed by atoms with E-state index >= 15 is 0 Å². The predicted octanol–water partition coefficient (Wildman–Crippen LogP) is 4.09. The van der Waals surface area contributed by atoms with Crippen LogP contribution in [0.3, 0.4) is 0 Å². The number of halogens is 6. The highest BCUT2D eigenvalue weighted by atomic mass is 19.4. The molecule has 16 heteroatoms. The SMILES string of the molecule is Cc1cncc(C(=O)N2Cc3cccn3CC(OCc3ccccn3)C2)c1.O=C(O)C(F)(F)F.O=C(O)C(F)(F)F. The van der Waals surface area contributed by atoms with Gasteiger partial charge in [0.05, 0.1) is 37.1 Å². The number of hydrogen-bond donors (Lipinski definition) is 2. The van der Waals surface area contributed by atoms with Gasteiger partial charge in [-0.05, 0) is 42.8 Å². The van der Waals surface area contributed by atoms with Crippen molar-refractivity contribution in [2.24, 2.45) is 0 Å². The Morgan fingerprint density at radius 2 is 1.61 bits per heavy atom. The minimum atomic E-state index is -5.08. The predicted molar refractivity (Wildman–Crippen MR) is 128 cm³/mol. The van der Waals surface area contributed by atoms with Crippen LogP contribution in [0.5, 0.6) is 0 Å². The van der Waals surface area contributed by atoms with Crippen LogP contribution in [0.1, 0.15) is 27.3 Å². The third-order valence-corrected chi connectivity index (χ3v) is 5.19. The zero-order valence-corrected chi connectivity index (χ0v) is 21.3. The molecule has 4 rings (SSSR count). The van der Waals surface area contributed by atoms with Crippen LogP contribution in [0.25, 0.3) is 0 Å². The molecule has 4 heterocycles. The highest BCUT2D eigenvalue weighted by Crippen LogP contribution is 2.19. The molecule has 0 radical (unpaired) electrons. The van der Waals surface area contributed by atoms with Gasteiger partial charge in [0, 0.05) is 37.0 Å². The number of aryl methyl sites for hydroxylation is 1. The van der Waals surface area contributed by atoms with Gasteiger partial charge < -0.3 is 24.4 Å².